The number of hydrogen-bond acceptors (Lipinski definition) is 6. The molecule has 2 unspecified atom stereocenters. The molecule has 0 bridgehead atoms. The van der Waals surface area contributed by atoms with Gasteiger partial charge in [-0.15, -0.1) is 0 Å². The van der Waals surface area contributed by atoms with E-state index in [-0.39, 0.29) is 0 Å². The number of rotatable bonds is 6. The van der Waals surface area contributed by atoms with Crippen LogP contribution in [0.4, 0.5) is 0 Å². The van der Waals surface area contributed by atoms with Gasteiger partial charge in [0.15, 0.2) is 5.82 Å². The van der Waals surface area contributed by atoms with Crippen LogP contribution in [-0.4, -0.2) is 65.4 Å². The first kappa shape index (κ1) is 18.3. The molecular weight excluding hydrogens is 352 g/mol. The molecule has 3 aliphatic rings. The van der Waals surface area contributed by atoms with Crippen molar-refractivity contribution in [2.45, 2.75) is 50.1 Å². The Bertz CT molecular complexity index is 759. The van der Waals surface area contributed by atoms with Gasteiger partial charge in [0.05, 0.1) is 13.2 Å². The molecule has 3 fully saturated rings. The van der Waals surface area contributed by atoms with E-state index in [0.29, 0.717) is 18.0 Å². The fraction of sp³-hybridized carbons (Fsp3) is 0.636. The minimum atomic E-state index is 0.393. The Morgan fingerprint density at radius 2 is 1.93 bits per heavy atom. The largest absolute Gasteiger partial charge is 0.379 e. The maximum atomic E-state index is 5.63. The first-order valence-corrected chi connectivity index (χ1v) is 10.8. The molecule has 3 saturated heterocycles. The third-order valence-corrected chi connectivity index (χ3v) is 6.65. The van der Waals surface area contributed by atoms with Crippen LogP contribution < -0.4 is 0 Å². The minimum Gasteiger partial charge on any atom is -0.379 e. The van der Waals surface area contributed by atoms with Crippen LogP contribution in [0, 0.1) is 0 Å². The number of benzene rings is 1. The molecule has 5 rings (SSSR count). The topological polar surface area (TPSA) is 54.6 Å². The van der Waals surface area contributed by atoms with Crippen molar-refractivity contribution in [1.29, 1.82) is 0 Å². The number of aryl methyl sites for hydroxylation is 1. The van der Waals surface area contributed by atoms with Gasteiger partial charge in [-0.1, -0.05) is 35.5 Å². The van der Waals surface area contributed by atoms with Crippen LogP contribution in [0.1, 0.15) is 54.9 Å². The number of fused-ring (bicyclic) bond motifs is 1. The highest BCUT2D eigenvalue weighted by Gasteiger charge is 2.46. The second-order valence-corrected chi connectivity index (χ2v) is 8.32. The second kappa shape index (κ2) is 8.31. The van der Waals surface area contributed by atoms with E-state index in [1.165, 1.54) is 24.9 Å². The third kappa shape index (κ3) is 3.73. The fourth-order valence-corrected chi connectivity index (χ4v) is 5.25. The maximum absolute atomic E-state index is 5.63. The molecular formula is C22H30N4O2. The number of ether oxygens (including phenoxy) is 1. The van der Waals surface area contributed by atoms with E-state index in [1.807, 2.05) is 0 Å². The highest BCUT2D eigenvalue weighted by molar-refractivity contribution is 5.24. The molecule has 0 aliphatic carbocycles. The van der Waals surface area contributed by atoms with Crippen LogP contribution in [0.2, 0.25) is 0 Å². The van der Waals surface area contributed by atoms with Crippen molar-refractivity contribution in [3.8, 4) is 0 Å². The summed E-state index contributed by atoms with van der Waals surface area (Å²) in [6.45, 7) is 6.05. The Kier molecular flexibility index (Phi) is 5.43. The summed E-state index contributed by atoms with van der Waals surface area (Å²) in [5.74, 6) is 2.12. The number of aromatic nitrogens is 2. The Labute approximate surface area is 166 Å². The molecule has 6 heteroatoms. The zero-order valence-electron chi connectivity index (χ0n) is 16.5. The lowest BCUT2D eigenvalue weighted by Gasteiger charge is -2.26. The van der Waals surface area contributed by atoms with Gasteiger partial charge >= 0.3 is 0 Å². The van der Waals surface area contributed by atoms with Crippen LogP contribution in [0.3, 0.4) is 0 Å². The van der Waals surface area contributed by atoms with Crippen LogP contribution in [0.5, 0.6) is 0 Å². The normalized spacial score (nSPS) is 28.6. The van der Waals surface area contributed by atoms with Gasteiger partial charge in [-0.3, -0.25) is 9.80 Å². The van der Waals surface area contributed by atoms with Crippen molar-refractivity contribution in [3.63, 3.8) is 0 Å². The quantitative estimate of drug-likeness (QED) is 0.765. The Hall–Kier alpha value is -1.76. The lowest BCUT2D eigenvalue weighted by molar-refractivity contribution is 0.0372. The van der Waals surface area contributed by atoms with Crippen molar-refractivity contribution in [2.75, 3.05) is 39.4 Å². The third-order valence-electron chi connectivity index (χ3n) is 6.65. The van der Waals surface area contributed by atoms with Gasteiger partial charge < -0.3 is 9.26 Å². The van der Waals surface area contributed by atoms with Crippen LogP contribution in [0.25, 0.3) is 0 Å². The predicted molar refractivity (Wildman–Crippen MR) is 106 cm³/mol. The van der Waals surface area contributed by atoms with Crippen molar-refractivity contribution >= 4 is 0 Å². The van der Waals surface area contributed by atoms with E-state index in [4.69, 9.17) is 14.2 Å². The average Bonchev–Trinajstić information content (AvgIpc) is 3.46. The van der Waals surface area contributed by atoms with Crippen LogP contribution >= 0.6 is 0 Å². The average molecular weight is 383 g/mol. The molecule has 2 aromatic rings. The van der Waals surface area contributed by atoms with Crippen molar-refractivity contribution in [1.82, 2.24) is 19.9 Å². The molecule has 6 nitrogen and oxygen atoms in total. The smallest absolute Gasteiger partial charge is 0.226 e. The predicted octanol–water partition coefficient (Wildman–Crippen LogP) is 3.03. The van der Waals surface area contributed by atoms with Gasteiger partial charge in [-0.05, 0) is 44.3 Å². The molecule has 3 aliphatic heterocycles. The Morgan fingerprint density at radius 1 is 1.07 bits per heavy atom. The van der Waals surface area contributed by atoms with Gasteiger partial charge in [-0.25, -0.2) is 0 Å². The highest BCUT2D eigenvalue weighted by Crippen LogP contribution is 2.48. The van der Waals surface area contributed by atoms with E-state index >= 15 is 0 Å². The lowest BCUT2D eigenvalue weighted by Crippen LogP contribution is -2.36. The molecule has 0 spiro atoms. The summed E-state index contributed by atoms with van der Waals surface area (Å²) in [6, 6.07) is 12.0. The zero-order valence-corrected chi connectivity index (χ0v) is 16.5. The molecule has 1 aromatic carbocycles. The summed E-state index contributed by atoms with van der Waals surface area (Å²) in [7, 11) is 0. The summed E-state index contributed by atoms with van der Waals surface area (Å²) < 4.78 is 11.0. The number of hydrogen-bond donors (Lipinski definition) is 0. The monoisotopic (exact) mass is 382 g/mol. The summed E-state index contributed by atoms with van der Waals surface area (Å²) in [6.07, 6.45) is 5.55. The van der Waals surface area contributed by atoms with Crippen LogP contribution in [-0.2, 0) is 11.2 Å². The molecule has 0 amide bonds. The fourth-order valence-electron chi connectivity index (χ4n) is 5.25. The van der Waals surface area contributed by atoms with E-state index in [1.54, 1.807) is 0 Å². The van der Waals surface area contributed by atoms with Gasteiger partial charge in [0, 0.05) is 37.5 Å². The minimum absolute atomic E-state index is 0.393. The van der Waals surface area contributed by atoms with Crippen molar-refractivity contribution < 1.29 is 9.26 Å². The van der Waals surface area contributed by atoms with Gasteiger partial charge in [-0.2, -0.15) is 4.98 Å². The first-order valence-electron chi connectivity index (χ1n) is 10.8. The SMILES string of the molecule is c1ccc(C2CC(c3noc(CCCN4CCOCC4)n3)[C@@H]3CCCN23)cc1. The molecule has 3 atom stereocenters. The van der Waals surface area contributed by atoms with E-state index in [0.717, 1.165) is 63.8 Å². The summed E-state index contributed by atoms with van der Waals surface area (Å²) in [5.41, 5.74) is 1.42. The molecule has 4 heterocycles. The molecule has 0 N–H and O–H groups in total. The van der Waals surface area contributed by atoms with Gasteiger partial charge in [0.1, 0.15) is 0 Å². The molecule has 0 radical (unpaired) electrons. The number of morpholine rings is 1. The summed E-state index contributed by atoms with van der Waals surface area (Å²) in [5, 5.41) is 4.41. The van der Waals surface area contributed by atoms with Gasteiger partial charge in [0.25, 0.3) is 0 Å². The molecule has 1 aromatic heterocycles. The number of nitrogens with zero attached hydrogens (tertiary/aromatic N) is 4. The molecule has 28 heavy (non-hydrogen) atoms. The molecule has 0 saturated carbocycles. The maximum Gasteiger partial charge on any atom is 0.226 e. The Morgan fingerprint density at radius 3 is 2.79 bits per heavy atom. The van der Waals surface area contributed by atoms with Gasteiger partial charge in [0.2, 0.25) is 5.89 Å². The van der Waals surface area contributed by atoms with E-state index in [9.17, 15) is 0 Å². The highest BCUT2D eigenvalue weighted by atomic mass is 16.5. The molecule has 150 valence electrons. The van der Waals surface area contributed by atoms with E-state index < -0.39 is 0 Å². The zero-order chi connectivity index (χ0) is 18.8. The second-order valence-electron chi connectivity index (χ2n) is 8.32. The van der Waals surface area contributed by atoms with E-state index in [2.05, 4.69) is 45.3 Å². The standard InChI is InChI=1S/C22H30N4O2/c1-2-6-17(7-3-1)20-16-18(19-8-4-11-26(19)20)22-23-21(28-24-22)9-5-10-25-12-14-27-15-13-25/h1-3,6-7,18-20H,4-5,8-16H2/t18?,19-,20?/m0/s1. The van der Waals surface area contributed by atoms with Crippen molar-refractivity contribution in [3.05, 3.63) is 47.6 Å². The lowest BCUT2D eigenvalue weighted by atomic mass is 9.94. The Balaban J connectivity index is 1.22. The van der Waals surface area contributed by atoms with Crippen molar-refractivity contribution in [2.24, 2.45) is 0 Å². The van der Waals surface area contributed by atoms with Crippen LogP contribution in [0.15, 0.2) is 34.9 Å². The first-order chi connectivity index (χ1) is 13.9. The summed E-state index contributed by atoms with van der Waals surface area (Å²) >= 11 is 0. The summed E-state index contributed by atoms with van der Waals surface area (Å²) in [4.78, 5) is 9.95.